The lowest BCUT2D eigenvalue weighted by atomic mass is 9.95. The van der Waals surface area contributed by atoms with Crippen LogP contribution in [0.1, 0.15) is 17.9 Å². The number of aldehydes is 1. The first-order valence-corrected chi connectivity index (χ1v) is 4.17. The topological polar surface area (TPSA) is 80.4 Å². The Labute approximate surface area is 81.3 Å². The SMILES string of the molecule is Nc1ccccc1C(CC=O)C(=O)O. The molecule has 0 radical (unpaired) electrons. The van der Waals surface area contributed by atoms with Gasteiger partial charge in [-0.3, -0.25) is 4.79 Å². The second kappa shape index (κ2) is 4.41. The summed E-state index contributed by atoms with van der Waals surface area (Å²) in [5.74, 6) is -1.87. The molecule has 0 amide bonds. The fraction of sp³-hybridized carbons (Fsp3) is 0.200. The Morgan fingerprint density at radius 1 is 1.50 bits per heavy atom. The number of hydrogen-bond acceptors (Lipinski definition) is 3. The molecule has 0 fully saturated rings. The summed E-state index contributed by atoms with van der Waals surface area (Å²) in [6, 6.07) is 6.67. The maximum atomic E-state index is 10.8. The van der Waals surface area contributed by atoms with Crippen LogP contribution in [0.3, 0.4) is 0 Å². The lowest BCUT2D eigenvalue weighted by molar-refractivity contribution is -0.139. The van der Waals surface area contributed by atoms with Gasteiger partial charge in [0.2, 0.25) is 0 Å². The van der Waals surface area contributed by atoms with Crippen molar-refractivity contribution >= 4 is 17.9 Å². The summed E-state index contributed by atoms with van der Waals surface area (Å²) >= 11 is 0. The number of hydrogen-bond donors (Lipinski definition) is 2. The van der Waals surface area contributed by atoms with Crippen molar-refractivity contribution in [2.24, 2.45) is 0 Å². The van der Waals surface area contributed by atoms with E-state index in [9.17, 15) is 9.59 Å². The molecular formula is C10H11NO3. The summed E-state index contributed by atoms with van der Waals surface area (Å²) in [5, 5.41) is 8.87. The highest BCUT2D eigenvalue weighted by Gasteiger charge is 2.20. The molecule has 0 aliphatic carbocycles. The molecule has 3 N–H and O–H groups in total. The molecule has 0 spiro atoms. The summed E-state index contributed by atoms with van der Waals surface area (Å²) in [7, 11) is 0. The van der Waals surface area contributed by atoms with Crippen LogP contribution in [0.25, 0.3) is 0 Å². The molecule has 1 aromatic carbocycles. The number of carbonyl (C=O) groups is 2. The summed E-state index contributed by atoms with van der Waals surface area (Å²) < 4.78 is 0. The maximum Gasteiger partial charge on any atom is 0.311 e. The molecule has 0 heterocycles. The van der Waals surface area contributed by atoms with E-state index >= 15 is 0 Å². The molecule has 0 bridgehead atoms. The highest BCUT2D eigenvalue weighted by Crippen LogP contribution is 2.24. The number of nitrogens with two attached hydrogens (primary N) is 1. The number of anilines is 1. The molecule has 1 rings (SSSR count). The third-order valence-electron chi connectivity index (χ3n) is 2.00. The monoisotopic (exact) mass is 193 g/mol. The molecular weight excluding hydrogens is 182 g/mol. The Hall–Kier alpha value is -1.84. The minimum absolute atomic E-state index is 0.0520. The van der Waals surface area contributed by atoms with Crippen molar-refractivity contribution < 1.29 is 14.7 Å². The van der Waals surface area contributed by atoms with E-state index in [1.807, 2.05) is 0 Å². The van der Waals surface area contributed by atoms with E-state index in [4.69, 9.17) is 10.8 Å². The van der Waals surface area contributed by atoms with Crippen molar-refractivity contribution in [1.29, 1.82) is 0 Å². The summed E-state index contributed by atoms with van der Waals surface area (Å²) in [4.78, 5) is 21.1. The van der Waals surface area contributed by atoms with E-state index < -0.39 is 11.9 Å². The predicted molar refractivity (Wildman–Crippen MR) is 51.9 cm³/mol. The molecule has 0 saturated carbocycles. The molecule has 0 aromatic heterocycles. The summed E-state index contributed by atoms with van der Waals surface area (Å²) in [6.45, 7) is 0. The largest absolute Gasteiger partial charge is 0.481 e. The van der Waals surface area contributed by atoms with Gasteiger partial charge in [-0.05, 0) is 11.6 Å². The Bertz CT molecular complexity index is 349. The van der Waals surface area contributed by atoms with Crippen molar-refractivity contribution in [1.82, 2.24) is 0 Å². The molecule has 0 aliphatic rings. The first kappa shape index (κ1) is 10.2. The van der Waals surface area contributed by atoms with E-state index in [0.29, 0.717) is 17.5 Å². The van der Waals surface area contributed by atoms with Gasteiger partial charge in [-0.1, -0.05) is 18.2 Å². The molecule has 0 aliphatic heterocycles. The van der Waals surface area contributed by atoms with Crippen molar-refractivity contribution in [3.8, 4) is 0 Å². The van der Waals surface area contributed by atoms with Gasteiger partial charge < -0.3 is 15.6 Å². The van der Waals surface area contributed by atoms with E-state index in [0.717, 1.165) is 0 Å². The van der Waals surface area contributed by atoms with Gasteiger partial charge in [0.1, 0.15) is 6.29 Å². The second-order valence-electron chi connectivity index (χ2n) is 2.92. The number of para-hydroxylation sites is 1. The first-order valence-electron chi connectivity index (χ1n) is 4.17. The Morgan fingerprint density at radius 2 is 2.14 bits per heavy atom. The van der Waals surface area contributed by atoms with Gasteiger partial charge >= 0.3 is 5.97 Å². The van der Waals surface area contributed by atoms with E-state index in [1.165, 1.54) is 0 Å². The molecule has 4 nitrogen and oxygen atoms in total. The van der Waals surface area contributed by atoms with Crippen LogP contribution < -0.4 is 5.73 Å². The third-order valence-corrected chi connectivity index (χ3v) is 2.00. The normalized spacial score (nSPS) is 12.0. The highest BCUT2D eigenvalue weighted by atomic mass is 16.4. The highest BCUT2D eigenvalue weighted by molar-refractivity contribution is 5.81. The van der Waals surface area contributed by atoms with Crippen molar-refractivity contribution in [2.75, 3.05) is 5.73 Å². The number of aliphatic carboxylic acids is 1. The number of benzene rings is 1. The number of nitrogen functional groups attached to an aromatic ring is 1. The van der Waals surface area contributed by atoms with Gasteiger partial charge in [-0.15, -0.1) is 0 Å². The van der Waals surface area contributed by atoms with Crippen LogP contribution in [-0.2, 0) is 9.59 Å². The fourth-order valence-corrected chi connectivity index (χ4v) is 1.29. The third kappa shape index (κ3) is 2.10. The molecule has 14 heavy (non-hydrogen) atoms. The molecule has 4 heteroatoms. The molecule has 0 saturated heterocycles. The van der Waals surface area contributed by atoms with E-state index in [2.05, 4.69) is 0 Å². The zero-order valence-corrected chi connectivity index (χ0v) is 7.51. The van der Waals surface area contributed by atoms with Gasteiger partial charge in [0, 0.05) is 12.1 Å². The van der Waals surface area contributed by atoms with E-state index in [1.54, 1.807) is 24.3 Å². The predicted octanol–water partition coefficient (Wildman–Crippen LogP) is 1.03. The van der Waals surface area contributed by atoms with Crippen LogP contribution in [0, 0.1) is 0 Å². The average Bonchev–Trinajstić information content (AvgIpc) is 2.15. The van der Waals surface area contributed by atoms with Crippen LogP contribution in [-0.4, -0.2) is 17.4 Å². The number of carboxylic acids is 1. The van der Waals surface area contributed by atoms with Gasteiger partial charge in [0.15, 0.2) is 0 Å². The number of carboxylic acid groups (broad SMARTS) is 1. The van der Waals surface area contributed by atoms with Crippen LogP contribution in [0.4, 0.5) is 5.69 Å². The van der Waals surface area contributed by atoms with Gasteiger partial charge in [0.05, 0.1) is 5.92 Å². The standard InChI is InChI=1S/C10H11NO3/c11-9-4-2-1-3-7(9)8(5-6-12)10(13)14/h1-4,6,8H,5,11H2,(H,13,14). The smallest absolute Gasteiger partial charge is 0.311 e. The zero-order valence-electron chi connectivity index (χ0n) is 7.51. The Morgan fingerprint density at radius 3 is 2.64 bits per heavy atom. The second-order valence-corrected chi connectivity index (χ2v) is 2.92. The van der Waals surface area contributed by atoms with Gasteiger partial charge in [0.25, 0.3) is 0 Å². The molecule has 1 unspecified atom stereocenters. The minimum Gasteiger partial charge on any atom is -0.481 e. The fourth-order valence-electron chi connectivity index (χ4n) is 1.29. The molecule has 1 atom stereocenters. The lowest BCUT2D eigenvalue weighted by Crippen LogP contribution is -2.13. The number of rotatable bonds is 4. The summed E-state index contributed by atoms with van der Waals surface area (Å²) in [5.41, 5.74) is 6.51. The summed E-state index contributed by atoms with van der Waals surface area (Å²) in [6.07, 6.45) is 0.536. The molecule has 1 aromatic rings. The van der Waals surface area contributed by atoms with Gasteiger partial charge in [-0.25, -0.2) is 0 Å². The zero-order chi connectivity index (χ0) is 10.6. The van der Waals surface area contributed by atoms with Crippen molar-refractivity contribution in [2.45, 2.75) is 12.3 Å². The number of carbonyl (C=O) groups excluding carboxylic acids is 1. The lowest BCUT2D eigenvalue weighted by Gasteiger charge is -2.11. The van der Waals surface area contributed by atoms with Gasteiger partial charge in [-0.2, -0.15) is 0 Å². The van der Waals surface area contributed by atoms with Crippen LogP contribution in [0.15, 0.2) is 24.3 Å². The first-order chi connectivity index (χ1) is 6.66. The van der Waals surface area contributed by atoms with Crippen molar-refractivity contribution in [3.63, 3.8) is 0 Å². The Kier molecular flexibility index (Phi) is 3.23. The minimum atomic E-state index is -1.03. The van der Waals surface area contributed by atoms with Crippen LogP contribution >= 0.6 is 0 Å². The Balaban J connectivity index is 3.04. The van der Waals surface area contributed by atoms with Crippen LogP contribution in [0.5, 0.6) is 0 Å². The molecule has 74 valence electrons. The average molecular weight is 193 g/mol. The van der Waals surface area contributed by atoms with E-state index in [-0.39, 0.29) is 6.42 Å². The van der Waals surface area contributed by atoms with Crippen LogP contribution in [0.2, 0.25) is 0 Å². The maximum absolute atomic E-state index is 10.8. The van der Waals surface area contributed by atoms with Crippen molar-refractivity contribution in [3.05, 3.63) is 29.8 Å². The quantitative estimate of drug-likeness (QED) is 0.552.